The van der Waals surface area contributed by atoms with Crippen LogP contribution in [0.4, 0.5) is 0 Å². The standard InChI is InChI=1S/C21H29N3O3S/c1-5-17-12-24(11-16-10-18(26-4)6-7-20(16)27-17)9-8-21(25)22-14(2)19-13-28-15(3)23-19/h6-7,10,13-14,17H,5,8-9,11-12H2,1-4H3,(H,22,25)/t14-,17+/m0/s1. The van der Waals surface area contributed by atoms with Crippen LogP contribution in [0.1, 0.15) is 49.0 Å². The number of fused-ring (bicyclic) bond motifs is 1. The van der Waals surface area contributed by atoms with Crippen LogP contribution in [-0.4, -0.2) is 42.1 Å². The smallest absolute Gasteiger partial charge is 0.221 e. The molecule has 0 fully saturated rings. The molecule has 0 saturated heterocycles. The summed E-state index contributed by atoms with van der Waals surface area (Å²) < 4.78 is 11.5. The highest BCUT2D eigenvalue weighted by molar-refractivity contribution is 7.09. The summed E-state index contributed by atoms with van der Waals surface area (Å²) in [5.74, 6) is 1.77. The molecule has 6 nitrogen and oxygen atoms in total. The highest BCUT2D eigenvalue weighted by Crippen LogP contribution is 2.29. The summed E-state index contributed by atoms with van der Waals surface area (Å²) in [7, 11) is 1.67. The van der Waals surface area contributed by atoms with Crippen LogP contribution < -0.4 is 14.8 Å². The van der Waals surface area contributed by atoms with E-state index in [-0.39, 0.29) is 18.1 Å². The number of hydrogen-bond acceptors (Lipinski definition) is 6. The van der Waals surface area contributed by atoms with Crippen molar-refractivity contribution in [3.8, 4) is 11.5 Å². The zero-order valence-corrected chi connectivity index (χ0v) is 17.8. The summed E-state index contributed by atoms with van der Waals surface area (Å²) >= 11 is 1.60. The molecule has 2 atom stereocenters. The maximum atomic E-state index is 12.4. The molecule has 1 aromatic carbocycles. The maximum Gasteiger partial charge on any atom is 0.221 e. The van der Waals surface area contributed by atoms with Crippen LogP contribution in [0.3, 0.4) is 0 Å². The molecule has 2 aromatic rings. The van der Waals surface area contributed by atoms with Gasteiger partial charge in [-0.1, -0.05) is 6.92 Å². The number of amides is 1. The lowest BCUT2D eigenvalue weighted by Gasteiger charge is -2.23. The topological polar surface area (TPSA) is 63.7 Å². The molecule has 0 unspecified atom stereocenters. The zero-order chi connectivity index (χ0) is 20.1. The molecule has 152 valence electrons. The molecule has 0 bridgehead atoms. The lowest BCUT2D eigenvalue weighted by atomic mass is 10.1. The van der Waals surface area contributed by atoms with Crippen LogP contribution in [0, 0.1) is 6.92 Å². The van der Waals surface area contributed by atoms with Gasteiger partial charge in [0, 0.05) is 37.0 Å². The second-order valence-corrected chi connectivity index (χ2v) is 8.25. The predicted molar refractivity (Wildman–Crippen MR) is 111 cm³/mol. The molecule has 28 heavy (non-hydrogen) atoms. The molecule has 7 heteroatoms. The molecule has 1 aliphatic rings. The van der Waals surface area contributed by atoms with Gasteiger partial charge in [0.25, 0.3) is 0 Å². The molecule has 1 aliphatic heterocycles. The quantitative estimate of drug-likeness (QED) is 0.764. The molecule has 0 saturated carbocycles. The highest BCUT2D eigenvalue weighted by Gasteiger charge is 2.23. The van der Waals surface area contributed by atoms with Crippen LogP contribution in [0.2, 0.25) is 0 Å². The van der Waals surface area contributed by atoms with Gasteiger partial charge in [-0.15, -0.1) is 11.3 Å². The fraction of sp³-hybridized carbons (Fsp3) is 0.524. The normalized spacial score (nSPS) is 17.9. The Morgan fingerprint density at radius 1 is 1.50 bits per heavy atom. The second kappa shape index (κ2) is 9.39. The van der Waals surface area contributed by atoms with Crippen molar-refractivity contribution >= 4 is 17.2 Å². The van der Waals surface area contributed by atoms with E-state index >= 15 is 0 Å². The van der Waals surface area contributed by atoms with E-state index in [2.05, 4.69) is 22.1 Å². The Hall–Kier alpha value is -2.12. The second-order valence-electron chi connectivity index (χ2n) is 7.19. The monoisotopic (exact) mass is 403 g/mol. The molecule has 0 aliphatic carbocycles. The lowest BCUT2D eigenvalue weighted by molar-refractivity contribution is -0.122. The third-order valence-electron chi connectivity index (χ3n) is 4.99. The van der Waals surface area contributed by atoms with Crippen LogP contribution in [-0.2, 0) is 11.3 Å². The van der Waals surface area contributed by atoms with Crippen molar-refractivity contribution < 1.29 is 14.3 Å². The van der Waals surface area contributed by atoms with Crippen LogP contribution in [0.15, 0.2) is 23.6 Å². The maximum absolute atomic E-state index is 12.4. The van der Waals surface area contributed by atoms with E-state index in [4.69, 9.17) is 9.47 Å². The van der Waals surface area contributed by atoms with Crippen molar-refractivity contribution in [2.24, 2.45) is 0 Å². The van der Waals surface area contributed by atoms with Crippen molar-refractivity contribution in [2.45, 2.75) is 52.3 Å². The first-order valence-electron chi connectivity index (χ1n) is 9.75. The minimum atomic E-state index is -0.0710. The predicted octanol–water partition coefficient (Wildman–Crippen LogP) is 3.70. The molecule has 1 amide bonds. The van der Waals surface area contributed by atoms with Crippen molar-refractivity contribution in [1.29, 1.82) is 0 Å². The largest absolute Gasteiger partial charge is 0.497 e. The van der Waals surface area contributed by atoms with E-state index in [1.807, 2.05) is 37.4 Å². The fourth-order valence-electron chi connectivity index (χ4n) is 3.34. The Morgan fingerprint density at radius 2 is 2.32 bits per heavy atom. The average molecular weight is 404 g/mol. The number of aryl methyl sites for hydroxylation is 1. The Balaban J connectivity index is 1.59. The summed E-state index contributed by atoms with van der Waals surface area (Å²) in [6.07, 6.45) is 1.49. The summed E-state index contributed by atoms with van der Waals surface area (Å²) in [4.78, 5) is 19.2. The third-order valence-corrected chi connectivity index (χ3v) is 5.78. The highest BCUT2D eigenvalue weighted by atomic mass is 32.1. The number of carbonyl (C=O) groups is 1. The van der Waals surface area contributed by atoms with Crippen LogP contribution in [0.25, 0.3) is 0 Å². The Labute approximate surface area is 170 Å². The number of nitrogens with one attached hydrogen (secondary N) is 1. The van der Waals surface area contributed by atoms with Gasteiger partial charge in [0.1, 0.15) is 17.6 Å². The molecule has 2 heterocycles. The average Bonchev–Trinajstić information content (AvgIpc) is 3.04. The van der Waals surface area contributed by atoms with Gasteiger partial charge < -0.3 is 14.8 Å². The Bertz CT molecular complexity index is 808. The number of rotatable bonds is 7. The van der Waals surface area contributed by atoms with Gasteiger partial charge in [-0.3, -0.25) is 9.69 Å². The molecule has 3 rings (SSSR count). The molecule has 1 aromatic heterocycles. The van der Waals surface area contributed by atoms with E-state index in [1.54, 1.807) is 18.4 Å². The number of benzene rings is 1. The first kappa shape index (κ1) is 20.6. The van der Waals surface area contributed by atoms with Crippen LogP contribution in [0.5, 0.6) is 11.5 Å². The molecule has 0 spiro atoms. The van der Waals surface area contributed by atoms with E-state index in [0.29, 0.717) is 13.0 Å². The van der Waals surface area contributed by atoms with E-state index < -0.39 is 0 Å². The number of ether oxygens (including phenoxy) is 2. The van der Waals surface area contributed by atoms with E-state index in [9.17, 15) is 4.79 Å². The third kappa shape index (κ3) is 5.23. The number of aromatic nitrogens is 1. The summed E-state index contributed by atoms with van der Waals surface area (Å²) in [5, 5.41) is 6.07. The van der Waals surface area contributed by atoms with Gasteiger partial charge in [0.05, 0.1) is 23.9 Å². The number of thiazole rings is 1. The zero-order valence-electron chi connectivity index (χ0n) is 17.0. The number of methoxy groups -OCH3 is 1. The van der Waals surface area contributed by atoms with Gasteiger partial charge in [0.2, 0.25) is 5.91 Å². The Morgan fingerprint density at radius 3 is 3.00 bits per heavy atom. The van der Waals surface area contributed by atoms with Gasteiger partial charge in [-0.25, -0.2) is 4.98 Å². The lowest BCUT2D eigenvalue weighted by Crippen LogP contribution is -2.36. The minimum absolute atomic E-state index is 0.0437. The van der Waals surface area contributed by atoms with Crippen molar-refractivity contribution in [3.63, 3.8) is 0 Å². The van der Waals surface area contributed by atoms with Gasteiger partial charge in [0.15, 0.2) is 0 Å². The van der Waals surface area contributed by atoms with Gasteiger partial charge >= 0.3 is 0 Å². The van der Waals surface area contributed by atoms with E-state index in [1.165, 1.54) is 0 Å². The summed E-state index contributed by atoms with van der Waals surface area (Å²) in [5.41, 5.74) is 2.02. The molecule has 0 radical (unpaired) electrons. The molecular weight excluding hydrogens is 374 g/mol. The van der Waals surface area contributed by atoms with E-state index in [0.717, 1.165) is 47.3 Å². The van der Waals surface area contributed by atoms with Crippen molar-refractivity contribution in [2.75, 3.05) is 20.2 Å². The van der Waals surface area contributed by atoms with Crippen molar-refractivity contribution in [1.82, 2.24) is 15.2 Å². The fourth-order valence-corrected chi connectivity index (χ4v) is 4.05. The van der Waals surface area contributed by atoms with Gasteiger partial charge in [-0.2, -0.15) is 0 Å². The summed E-state index contributed by atoms with van der Waals surface area (Å²) in [6, 6.07) is 5.85. The Kier molecular flexibility index (Phi) is 6.91. The summed E-state index contributed by atoms with van der Waals surface area (Å²) in [6.45, 7) is 8.31. The number of carbonyl (C=O) groups excluding carboxylic acids is 1. The number of hydrogen-bond donors (Lipinski definition) is 1. The van der Waals surface area contributed by atoms with Crippen molar-refractivity contribution in [3.05, 3.63) is 39.8 Å². The molecule has 1 N–H and O–H groups in total. The van der Waals surface area contributed by atoms with Gasteiger partial charge in [-0.05, 0) is 38.5 Å². The molecular formula is C21H29N3O3S. The minimum Gasteiger partial charge on any atom is -0.497 e. The SMILES string of the molecule is CC[C@@H]1CN(CCC(=O)N[C@@H](C)c2csc(C)n2)Cc2cc(OC)ccc2O1. The number of nitrogens with zero attached hydrogens (tertiary/aromatic N) is 2. The first-order chi connectivity index (χ1) is 13.5. The first-order valence-corrected chi connectivity index (χ1v) is 10.6. The van der Waals surface area contributed by atoms with Crippen LogP contribution >= 0.6 is 11.3 Å².